The summed E-state index contributed by atoms with van der Waals surface area (Å²) in [4.78, 5) is 2.01. The van der Waals surface area contributed by atoms with Crippen molar-refractivity contribution in [3.05, 3.63) is 6.92 Å². The van der Waals surface area contributed by atoms with Gasteiger partial charge in [0.15, 0.2) is 0 Å². The molecule has 0 aliphatic heterocycles. The Bertz CT molecular complexity index is 23.7. The van der Waals surface area contributed by atoms with Gasteiger partial charge in [-0.25, -0.2) is 0 Å². The van der Waals surface area contributed by atoms with Crippen LogP contribution in [0.2, 0.25) is 0 Å². The van der Waals surface area contributed by atoms with Gasteiger partial charge >= 0.3 is 0 Å². The average molecular weight is 145 g/mol. The van der Waals surface area contributed by atoms with Crippen molar-refractivity contribution >= 4 is 24.8 Å². The maximum Gasteiger partial charge on any atom is -0.00244 e. The number of halogens is 2. The lowest BCUT2D eigenvalue weighted by molar-refractivity contribution is 0.455. The molecule has 3 heteroatoms. The lowest BCUT2D eigenvalue weighted by atomic mass is 10.7. The molecule has 0 bridgehead atoms. The van der Waals surface area contributed by atoms with Crippen LogP contribution in [-0.2, 0) is 0 Å². The van der Waals surface area contributed by atoms with Crippen molar-refractivity contribution in [2.45, 2.75) is 0 Å². The Morgan fingerprint density at radius 2 is 1.43 bits per heavy atom. The highest BCUT2D eigenvalue weighted by molar-refractivity contribution is 5.85. The van der Waals surface area contributed by atoms with Gasteiger partial charge in [-0.1, -0.05) is 0 Å². The first-order chi connectivity index (χ1) is 2.27. The van der Waals surface area contributed by atoms with Crippen molar-refractivity contribution in [2.75, 3.05) is 20.6 Å². The zero-order chi connectivity index (χ0) is 4.28. The molecule has 0 N–H and O–H groups in total. The van der Waals surface area contributed by atoms with E-state index in [1.165, 1.54) is 0 Å². The van der Waals surface area contributed by atoms with Crippen LogP contribution in [-0.4, -0.2) is 25.5 Å². The summed E-state index contributed by atoms with van der Waals surface area (Å²) in [5, 5.41) is 0. The van der Waals surface area contributed by atoms with E-state index < -0.39 is 0 Å². The van der Waals surface area contributed by atoms with Gasteiger partial charge in [0.25, 0.3) is 0 Å². The Morgan fingerprint density at radius 3 is 1.43 bits per heavy atom. The molecule has 7 heavy (non-hydrogen) atoms. The number of hydrogen-bond donors (Lipinski definition) is 0. The minimum absolute atomic E-state index is 0. The molecule has 0 aromatic carbocycles. The van der Waals surface area contributed by atoms with E-state index in [9.17, 15) is 0 Å². The number of rotatable bonds is 1. The van der Waals surface area contributed by atoms with E-state index in [0.717, 1.165) is 6.54 Å². The molecular weight excluding hydrogens is 133 g/mol. The third kappa shape index (κ3) is 20.9. The van der Waals surface area contributed by atoms with E-state index in [2.05, 4.69) is 6.92 Å². The number of hydrogen-bond acceptors (Lipinski definition) is 1. The fourth-order valence-electron chi connectivity index (χ4n) is 0. The summed E-state index contributed by atoms with van der Waals surface area (Å²) in [5.74, 6) is 0. The Labute approximate surface area is 57.9 Å². The summed E-state index contributed by atoms with van der Waals surface area (Å²) in [6.07, 6.45) is 0. The van der Waals surface area contributed by atoms with Gasteiger partial charge in [0.05, 0.1) is 0 Å². The second-order valence-electron chi connectivity index (χ2n) is 1.30. The topological polar surface area (TPSA) is 3.24 Å². The van der Waals surface area contributed by atoms with E-state index in [4.69, 9.17) is 0 Å². The molecule has 0 amide bonds. The van der Waals surface area contributed by atoms with Crippen molar-refractivity contribution in [3.63, 3.8) is 0 Å². The summed E-state index contributed by atoms with van der Waals surface area (Å²) in [7, 11) is 3.99. The van der Waals surface area contributed by atoms with Gasteiger partial charge in [0.2, 0.25) is 0 Å². The van der Waals surface area contributed by atoms with E-state index in [1.54, 1.807) is 0 Å². The molecule has 0 saturated carbocycles. The van der Waals surface area contributed by atoms with Crippen molar-refractivity contribution in [1.29, 1.82) is 0 Å². The third-order valence-corrected chi connectivity index (χ3v) is 0.447. The van der Waals surface area contributed by atoms with Gasteiger partial charge in [0.1, 0.15) is 0 Å². The molecule has 0 rings (SSSR count). The zero-order valence-corrected chi connectivity index (χ0v) is 6.31. The van der Waals surface area contributed by atoms with Crippen LogP contribution in [0.1, 0.15) is 0 Å². The van der Waals surface area contributed by atoms with Crippen LogP contribution in [0.4, 0.5) is 0 Å². The molecule has 0 saturated heterocycles. The number of nitrogens with zero attached hydrogens (tertiary/aromatic N) is 1. The summed E-state index contributed by atoms with van der Waals surface area (Å²) in [5.41, 5.74) is 0. The maximum atomic E-state index is 3.61. The molecule has 47 valence electrons. The van der Waals surface area contributed by atoms with E-state index in [0.29, 0.717) is 0 Å². The molecule has 1 nitrogen and oxygen atoms in total. The van der Waals surface area contributed by atoms with Gasteiger partial charge in [0, 0.05) is 0 Å². The molecule has 0 atom stereocenters. The molecule has 0 aromatic rings. The SMILES string of the molecule is Cl.Cl.[CH2]CN(C)C. The average Bonchev–Trinajstić information content (AvgIpc) is 1.38. The summed E-state index contributed by atoms with van der Waals surface area (Å²) < 4.78 is 0. The highest BCUT2D eigenvalue weighted by atomic mass is 35.5. The van der Waals surface area contributed by atoms with Crippen LogP contribution in [0.25, 0.3) is 0 Å². The normalized spacial score (nSPS) is 6.86. The van der Waals surface area contributed by atoms with Gasteiger partial charge in [-0.05, 0) is 27.6 Å². The monoisotopic (exact) mass is 144 g/mol. The summed E-state index contributed by atoms with van der Waals surface area (Å²) in [6.45, 7) is 4.50. The van der Waals surface area contributed by atoms with E-state index in [-0.39, 0.29) is 24.8 Å². The van der Waals surface area contributed by atoms with Crippen molar-refractivity contribution in [3.8, 4) is 0 Å². The smallest absolute Gasteiger partial charge is 0.00244 e. The molecular formula is C4H12Cl2N. The van der Waals surface area contributed by atoms with Crippen molar-refractivity contribution in [1.82, 2.24) is 4.90 Å². The Kier molecular flexibility index (Phi) is 21.8. The standard InChI is InChI=1S/C4H10N.2ClH/c1-4-5(2)3;;/h1,4H2,2-3H3;2*1H. The Morgan fingerprint density at radius 1 is 1.29 bits per heavy atom. The van der Waals surface area contributed by atoms with Crippen LogP contribution < -0.4 is 0 Å². The molecule has 0 aliphatic carbocycles. The van der Waals surface area contributed by atoms with Crippen LogP contribution in [0.5, 0.6) is 0 Å². The Hall–Kier alpha value is 0.540. The predicted molar refractivity (Wildman–Crippen MR) is 38.4 cm³/mol. The minimum Gasteiger partial charge on any atom is -0.309 e. The van der Waals surface area contributed by atoms with Gasteiger partial charge in [-0.15, -0.1) is 24.8 Å². The molecule has 1 radical (unpaired) electrons. The second-order valence-corrected chi connectivity index (χ2v) is 1.30. The highest BCUT2D eigenvalue weighted by Crippen LogP contribution is 1.63. The third-order valence-electron chi connectivity index (χ3n) is 0.447. The first-order valence-electron chi connectivity index (χ1n) is 1.71. The first kappa shape index (κ1) is 15.6. The van der Waals surface area contributed by atoms with E-state index in [1.807, 2.05) is 19.0 Å². The predicted octanol–water partition coefficient (Wildman–Crippen LogP) is 1.23. The first-order valence-corrected chi connectivity index (χ1v) is 1.71. The van der Waals surface area contributed by atoms with Gasteiger partial charge in [-0.3, -0.25) is 0 Å². The lowest BCUT2D eigenvalue weighted by Crippen LogP contribution is -2.08. The molecule has 0 heterocycles. The van der Waals surface area contributed by atoms with Crippen LogP contribution in [0.3, 0.4) is 0 Å². The highest BCUT2D eigenvalue weighted by Gasteiger charge is 1.72. The summed E-state index contributed by atoms with van der Waals surface area (Å²) in [6, 6.07) is 0. The molecule has 0 aliphatic rings. The van der Waals surface area contributed by atoms with Gasteiger partial charge in [-0.2, -0.15) is 0 Å². The largest absolute Gasteiger partial charge is 0.309 e. The molecule has 0 spiro atoms. The van der Waals surface area contributed by atoms with E-state index >= 15 is 0 Å². The van der Waals surface area contributed by atoms with Crippen molar-refractivity contribution in [2.24, 2.45) is 0 Å². The van der Waals surface area contributed by atoms with Crippen LogP contribution in [0, 0.1) is 6.92 Å². The lowest BCUT2D eigenvalue weighted by Gasteiger charge is -1.99. The maximum absolute atomic E-state index is 3.61. The fraction of sp³-hybridized carbons (Fsp3) is 0.750. The molecule has 0 fully saturated rings. The molecule has 0 aromatic heterocycles. The van der Waals surface area contributed by atoms with Crippen molar-refractivity contribution < 1.29 is 0 Å². The van der Waals surface area contributed by atoms with Gasteiger partial charge < -0.3 is 4.90 Å². The molecule has 0 unspecified atom stereocenters. The Balaban J connectivity index is -0.0000000800. The second kappa shape index (κ2) is 9.74. The van der Waals surface area contributed by atoms with Crippen LogP contribution in [0.15, 0.2) is 0 Å². The zero-order valence-electron chi connectivity index (χ0n) is 4.68. The fourth-order valence-corrected chi connectivity index (χ4v) is 0. The minimum atomic E-state index is 0. The summed E-state index contributed by atoms with van der Waals surface area (Å²) >= 11 is 0. The quantitative estimate of drug-likeness (QED) is 0.536. The van der Waals surface area contributed by atoms with Crippen LogP contribution >= 0.6 is 24.8 Å².